The minimum Gasteiger partial charge on any atom is -0.491 e. The van der Waals surface area contributed by atoms with Crippen LogP contribution in [0.25, 0.3) is 0 Å². The molecule has 2 heterocycles. The number of hydrogen-bond acceptors (Lipinski definition) is 7. The first-order chi connectivity index (χ1) is 17.2. The fourth-order valence-corrected chi connectivity index (χ4v) is 5.31. The number of nitrogens with zero attached hydrogens (tertiary/aromatic N) is 2. The molecule has 1 aliphatic rings. The van der Waals surface area contributed by atoms with Crippen molar-refractivity contribution in [2.45, 2.75) is 24.8 Å². The first kappa shape index (κ1) is 26.3. The number of sulfonamides is 1. The van der Waals surface area contributed by atoms with Gasteiger partial charge in [0.05, 0.1) is 16.5 Å². The Labute approximate surface area is 221 Å². The molecule has 0 bridgehead atoms. The molecule has 0 amide bonds. The monoisotopic (exact) mass is 551 g/mol. The van der Waals surface area contributed by atoms with E-state index in [-0.39, 0.29) is 23.1 Å². The zero-order valence-electron chi connectivity index (χ0n) is 20.2. The van der Waals surface area contributed by atoms with E-state index in [1.807, 2.05) is 25.1 Å². The second-order valence-electron chi connectivity index (χ2n) is 8.56. The minimum absolute atomic E-state index is 0.0337. The van der Waals surface area contributed by atoms with Gasteiger partial charge >= 0.3 is 0 Å². The molecule has 192 valence electrons. The van der Waals surface area contributed by atoms with Crippen LogP contribution in [-0.4, -0.2) is 52.2 Å². The van der Waals surface area contributed by atoms with Crippen molar-refractivity contribution < 1.29 is 22.6 Å². The van der Waals surface area contributed by atoms with Crippen molar-refractivity contribution in [2.75, 3.05) is 38.6 Å². The van der Waals surface area contributed by atoms with Crippen molar-refractivity contribution in [3.05, 3.63) is 69.3 Å². The van der Waals surface area contributed by atoms with Gasteiger partial charge in [-0.2, -0.15) is 0 Å². The van der Waals surface area contributed by atoms with Crippen molar-refractivity contribution in [1.82, 2.24) is 9.88 Å². The molecule has 8 nitrogen and oxygen atoms in total. The number of rotatable bonds is 10. The number of nitrogens with one attached hydrogen (secondary N) is 1. The molecule has 36 heavy (non-hydrogen) atoms. The molecule has 1 aliphatic heterocycles. The maximum atomic E-state index is 13.2. The molecule has 0 aliphatic carbocycles. The Morgan fingerprint density at radius 1 is 1.14 bits per heavy atom. The summed E-state index contributed by atoms with van der Waals surface area (Å²) in [6, 6.07) is 10.1. The van der Waals surface area contributed by atoms with Gasteiger partial charge in [-0.1, -0.05) is 35.3 Å². The summed E-state index contributed by atoms with van der Waals surface area (Å²) in [4.78, 5) is 6.40. The average molecular weight is 552 g/mol. The van der Waals surface area contributed by atoms with Gasteiger partial charge in [0.2, 0.25) is 5.75 Å². The lowest BCUT2D eigenvalue weighted by molar-refractivity contribution is 0.259. The number of hydrogen-bond donors (Lipinski definition) is 1. The van der Waals surface area contributed by atoms with E-state index in [1.165, 1.54) is 6.07 Å². The Morgan fingerprint density at radius 3 is 2.72 bits per heavy atom. The van der Waals surface area contributed by atoms with Gasteiger partial charge in [-0.05, 0) is 56.4 Å². The van der Waals surface area contributed by atoms with E-state index < -0.39 is 10.0 Å². The van der Waals surface area contributed by atoms with E-state index in [0.717, 1.165) is 17.7 Å². The smallest absolute Gasteiger partial charge is 0.263 e. The van der Waals surface area contributed by atoms with E-state index in [9.17, 15) is 8.42 Å². The first-order valence-electron chi connectivity index (χ1n) is 11.3. The van der Waals surface area contributed by atoms with E-state index in [0.29, 0.717) is 46.7 Å². The van der Waals surface area contributed by atoms with E-state index in [1.54, 1.807) is 37.4 Å². The molecule has 1 aromatic heterocycles. The van der Waals surface area contributed by atoms with Gasteiger partial charge in [0.1, 0.15) is 19.0 Å². The van der Waals surface area contributed by atoms with Gasteiger partial charge in [-0.3, -0.25) is 4.72 Å². The summed E-state index contributed by atoms with van der Waals surface area (Å²) < 4.78 is 46.6. The summed E-state index contributed by atoms with van der Waals surface area (Å²) in [7, 11) is -0.0700. The highest BCUT2D eigenvalue weighted by Gasteiger charge is 2.27. The Morgan fingerprint density at radius 2 is 1.94 bits per heavy atom. The highest BCUT2D eigenvalue weighted by Crippen LogP contribution is 2.41. The van der Waals surface area contributed by atoms with Crippen molar-refractivity contribution in [3.63, 3.8) is 0 Å². The quantitative estimate of drug-likeness (QED) is 0.381. The summed E-state index contributed by atoms with van der Waals surface area (Å²) in [5.41, 5.74) is 2.07. The van der Waals surface area contributed by atoms with Crippen LogP contribution >= 0.6 is 23.2 Å². The van der Waals surface area contributed by atoms with Crippen molar-refractivity contribution in [2.24, 2.45) is 0 Å². The Bertz CT molecular complexity index is 1370. The lowest BCUT2D eigenvalue weighted by Crippen LogP contribution is -2.19. The maximum Gasteiger partial charge on any atom is 0.263 e. The first-order valence-corrected chi connectivity index (χ1v) is 13.5. The molecule has 2 aromatic carbocycles. The van der Waals surface area contributed by atoms with E-state index in [2.05, 4.69) is 9.71 Å². The van der Waals surface area contributed by atoms with Gasteiger partial charge in [0, 0.05) is 29.7 Å². The lowest BCUT2D eigenvalue weighted by atomic mass is 10.2. The van der Waals surface area contributed by atoms with Crippen LogP contribution in [0, 0.1) is 6.92 Å². The zero-order chi connectivity index (χ0) is 25.9. The molecule has 0 spiro atoms. The van der Waals surface area contributed by atoms with Crippen molar-refractivity contribution in [3.8, 4) is 17.2 Å². The molecule has 1 N–H and O–H groups in total. The number of ether oxygens (including phenoxy) is 3. The number of anilines is 1. The largest absolute Gasteiger partial charge is 0.491 e. The van der Waals surface area contributed by atoms with Crippen molar-refractivity contribution >= 4 is 39.0 Å². The molecular weight excluding hydrogens is 525 g/mol. The van der Waals surface area contributed by atoms with Gasteiger partial charge in [0.25, 0.3) is 10.0 Å². The number of pyridine rings is 1. The van der Waals surface area contributed by atoms with Gasteiger partial charge in [0.15, 0.2) is 11.6 Å². The second-order valence-corrected chi connectivity index (χ2v) is 11.0. The van der Waals surface area contributed by atoms with Crippen LogP contribution in [0.1, 0.15) is 16.7 Å². The number of aromatic nitrogens is 1. The van der Waals surface area contributed by atoms with Crippen LogP contribution in [0.5, 0.6) is 17.2 Å². The molecule has 0 saturated heterocycles. The third-order valence-corrected chi connectivity index (χ3v) is 7.80. The van der Waals surface area contributed by atoms with Crippen molar-refractivity contribution in [1.29, 1.82) is 0 Å². The SMILES string of the molecule is Cc1c(Cl)cccc1S(=O)(=O)Nc1ncc2c(c1OCc1ccc(Cl)c(OCCN(C)C)c1)OCC2. The third kappa shape index (κ3) is 5.98. The van der Waals surface area contributed by atoms with Crippen LogP contribution in [0.3, 0.4) is 0 Å². The predicted octanol–water partition coefficient (Wildman–Crippen LogP) is 4.95. The van der Waals surface area contributed by atoms with E-state index >= 15 is 0 Å². The van der Waals surface area contributed by atoms with Crippen LogP contribution in [0.15, 0.2) is 47.5 Å². The molecule has 0 saturated carbocycles. The van der Waals surface area contributed by atoms with Crippen LogP contribution in [-0.2, 0) is 23.1 Å². The lowest BCUT2D eigenvalue weighted by Gasteiger charge is -2.17. The predicted molar refractivity (Wildman–Crippen MR) is 140 cm³/mol. The third-order valence-electron chi connectivity index (χ3n) is 5.59. The van der Waals surface area contributed by atoms with Gasteiger partial charge < -0.3 is 19.1 Å². The zero-order valence-corrected chi connectivity index (χ0v) is 22.5. The van der Waals surface area contributed by atoms with Gasteiger partial charge in [-0.15, -0.1) is 0 Å². The average Bonchev–Trinajstić information content (AvgIpc) is 3.30. The molecule has 0 atom stereocenters. The summed E-state index contributed by atoms with van der Waals surface area (Å²) in [5, 5.41) is 0.847. The Hall–Kier alpha value is -2.72. The van der Waals surface area contributed by atoms with Crippen LogP contribution in [0.4, 0.5) is 5.82 Å². The molecule has 11 heteroatoms. The number of likely N-dealkylation sites (N-methyl/N-ethyl adjacent to an activating group) is 1. The number of benzene rings is 2. The molecule has 3 aromatic rings. The van der Waals surface area contributed by atoms with Crippen LogP contribution < -0.4 is 18.9 Å². The summed E-state index contributed by atoms with van der Waals surface area (Å²) in [5.74, 6) is 1.27. The highest BCUT2D eigenvalue weighted by atomic mass is 35.5. The minimum atomic E-state index is -3.99. The topological polar surface area (TPSA) is 90.0 Å². The second kappa shape index (κ2) is 11.1. The Kier molecular flexibility index (Phi) is 8.14. The van der Waals surface area contributed by atoms with Gasteiger partial charge in [-0.25, -0.2) is 13.4 Å². The molecule has 0 radical (unpaired) electrons. The number of fused-ring (bicyclic) bond motifs is 1. The summed E-state index contributed by atoms with van der Waals surface area (Å²) >= 11 is 12.4. The highest BCUT2D eigenvalue weighted by molar-refractivity contribution is 7.92. The fourth-order valence-electron chi connectivity index (χ4n) is 3.62. The Balaban J connectivity index is 1.59. The summed E-state index contributed by atoms with van der Waals surface area (Å²) in [6.07, 6.45) is 2.25. The van der Waals surface area contributed by atoms with E-state index in [4.69, 9.17) is 37.4 Å². The molecule has 0 unspecified atom stereocenters. The molecule has 4 rings (SSSR count). The summed E-state index contributed by atoms with van der Waals surface area (Å²) in [6.45, 7) is 3.45. The fraction of sp³-hybridized carbons (Fsp3) is 0.320. The standard InChI is InChI=1S/C25H27Cl2N3O5S/c1-16-19(26)5-4-6-22(16)36(31,32)29-25-24(23-18(14-28-25)9-11-34-23)35-15-17-7-8-20(27)21(13-17)33-12-10-30(2)3/h4-8,13-14H,9-12,15H2,1-3H3,(H,28,29). The number of halogens is 2. The molecule has 0 fully saturated rings. The normalized spacial score (nSPS) is 12.8. The van der Waals surface area contributed by atoms with Crippen LogP contribution in [0.2, 0.25) is 10.0 Å². The maximum absolute atomic E-state index is 13.2. The molecular formula is C25H27Cl2N3O5S.